The summed E-state index contributed by atoms with van der Waals surface area (Å²) in [6, 6.07) is 87.0. The zero-order valence-electron chi connectivity index (χ0n) is 82.2. The maximum Gasteiger partial charge on any atom is 0.425 e. The highest BCUT2D eigenvalue weighted by Crippen LogP contribution is 2.46. The van der Waals surface area contributed by atoms with Crippen molar-refractivity contribution in [1.82, 2.24) is 10.3 Å². The number of aliphatic carboxylic acids is 1. The number of para-hydroxylation sites is 2. The molecule has 5 N–H and O–H groups in total. The number of methoxy groups -OCH3 is 1. The van der Waals surface area contributed by atoms with Crippen molar-refractivity contribution in [2.75, 3.05) is 37.5 Å². The molecule has 2 aliphatic rings. The third-order valence-electron chi connectivity index (χ3n) is 24.1. The molecule has 31 heteroatoms. The average molecular weight is 2050 g/mol. The monoisotopic (exact) mass is 2040 g/mol. The molecule has 0 atom stereocenters. The van der Waals surface area contributed by atoms with Crippen molar-refractivity contribution in [3.63, 3.8) is 0 Å². The number of hydrogen-bond acceptors (Lipinski definition) is 22. The fraction of sp³-hybridized carbons (Fsp3) is 0.233. The molecule has 0 aliphatic heterocycles. The van der Waals surface area contributed by atoms with Crippen LogP contribution in [0.15, 0.2) is 291 Å². The molecule has 758 valence electrons. The summed E-state index contributed by atoms with van der Waals surface area (Å²) in [6.45, 7) is 12.1. The molecule has 0 unspecified atom stereocenters. The fourth-order valence-electron chi connectivity index (χ4n) is 17.0. The molecule has 0 spiro atoms. The number of carboxylic acids is 1. The van der Waals surface area contributed by atoms with E-state index in [9.17, 15) is 44.5 Å². The molecular formula is C116H112Cl2N6O22S. The number of benzene rings is 14. The molecule has 1 aromatic heterocycles. The summed E-state index contributed by atoms with van der Waals surface area (Å²) in [7, 11) is -1.44. The second kappa shape index (κ2) is 53.3. The Bertz CT molecular complexity index is 7200. The van der Waals surface area contributed by atoms with Gasteiger partial charge in [0.1, 0.15) is 92.0 Å². The number of pyridine rings is 1. The van der Waals surface area contributed by atoms with Gasteiger partial charge < -0.3 is 68.8 Å². The van der Waals surface area contributed by atoms with Gasteiger partial charge in [0.25, 0.3) is 23.2 Å². The molecule has 2 saturated carbocycles. The second-order valence-electron chi connectivity index (χ2n) is 35.3. The normalized spacial score (nSPS) is 12.1. The standard InChI is InChI=1S/C30H28N2O6.C30H34N2O5.C28H21Cl2NO2.C28H29NO6.O3S/c1-20-7-3-5-9-27(20)36-18-29(34)31-22-15-23(17-26(16-22)38-25-13-11-24(33)12-14-25)32-30(35)19-37-28-10-6-4-8-21(28)2;1-3-31-30(33)16-12-22-10-13-25(14-11-22)36-26-18-24(32(34)35)19-27(20-26)37-29-15-9-21(2)17-28(29)23-7-5-4-6-8-23;1-17-13-19(23-16-20(32-2)8-10-26(23)31-17)14-18-7-11-28(25(30)15-18)33-27-12-9-24(29)21-5-3-4-6-22(21)27;1-19-7-13-27(26(15-19)21-5-3-2-4-6-21)35-25-17-22(29(32)33)16-24(18-25)34-23-11-8-20(9-12-23)10-14-28(30)31;1-4(2)3/h3-17,33H,18-19H2,1-2H3,(H,31,34)(H,32,35);9-11,13-15,17-20,23H,3-8,12,16H2,1-2H3,(H,31,33);3-13,15-16H,14H2,1-2H3;7-9,11-13,15-18,21H,2-6,10,14H2,1H3,(H,30,31);. The van der Waals surface area contributed by atoms with Gasteiger partial charge in [0.15, 0.2) is 13.2 Å². The molecule has 28 nitrogen and oxygen atoms in total. The molecule has 15 aromatic rings. The Morgan fingerprint density at radius 2 is 0.850 bits per heavy atom. The van der Waals surface area contributed by atoms with Gasteiger partial charge in [-0.1, -0.05) is 188 Å². The number of amides is 3. The minimum absolute atomic E-state index is 0.0205. The van der Waals surface area contributed by atoms with Gasteiger partial charge in [-0.2, -0.15) is 0 Å². The number of halogens is 2. The van der Waals surface area contributed by atoms with Gasteiger partial charge >= 0.3 is 16.6 Å². The minimum Gasteiger partial charge on any atom is -0.508 e. The lowest BCUT2D eigenvalue weighted by Crippen LogP contribution is -2.22. The lowest BCUT2D eigenvalue weighted by Gasteiger charge is -2.24. The number of nitrogens with one attached hydrogen (secondary N) is 3. The van der Waals surface area contributed by atoms with Crippen molar-refractivity contribution in [2.24, 2.45) is 0 Å². The molecule has 2 aliphatic carbocycles. The number of carbonyl (C=O) groups is 4. The van der Waals surface area contributed by atoms with Crippen molar-refractivity contribution < 1.29 is 94.5 Å². The number of rotatable bonds is 34. The topological polar surface area (TPSA) is 378 Å². The van der Waals surface area contributed by atoms with Crippen LogP contribution in [-0.2, 0) is 49.0 Å². The van der Waals surface area contributed by atoms with Gasteiger partial charge in [-0.25, -0.2) is 0 Å². The van der Waals surface area contributed by atoms with E-state index in [-0.39, 0.29) is 54.5 Å². The quantitative estimate of drug-likeness (QED) is 0.0185. The van der Waals surface area contributed by atoms with Crippen LogP contribution in [0.25, 0.3) is 21.7 Å². The molecule has 0 saturated heterocycles. The first-order chi connectivity index (χ1) is 70.9. The first kappa shape index (κ1) is 108. The fourth-order valence-corrected chi connectivity index (χ4v) is 17.4. The zero-order chi connectivity index (χ0) is 104. The maximum absolute atomic E-state index is 12.6. The number of nitro groups is 2. The number of nitrogens with zero attached hydrogens (tertiary/aromatic N) is 3. The number of aryl methyl sites for hydroxylation is 7. The molecule has 0 radical (unpaired) electrons. The Morgan fingerprint density at radius 1 is 0.415 bits per heavy atom. The Hall–Kier alpha value is -16.4. The van der Waals surface area contributed by atoms with Crippen molar-refractivity contribution in [3.05, 3.63) is 383 Å². The minimum atomic E-state index is -3.11. The van der Waals surface area contributed by atoms with Crippen LogP contribution in [-0.4, -0.2) is 88.2 Å². The van der Waals surface area contributed by atoms with E-state index in [0.717, 1.165) is 121 Å². The van der Waals surface area contributed by atoms with Crippen molar-refractivity contribution >= 4 is 102 Å². The van der Waals surface area contributed by atoms with Crippen molar-refractivity contribution in [2.45, 2.75) is 150 Å². The van der Waals surface area contributed by atoms with Gasteiger partial charge in [-0.15, -0.1) is 12.6 Å². The molecule has 2 fully saturated rings. The number of carbonyl (C=O) groups excluding carboxylic acids is 3. The van der Waals surface area contributed by atoms with Crippen LogP contribution in [0.4, 0.5) is 22.7 Å². The van der Waals surface area contributed by atoms with Crippen LogP contribution in [0, 0.1) is 54.8 Å². The zero-order valence-corrected chi connectivity index (χ0v) is 84.5. The summed E-state index contributed by atoms with van der Waals surface area (Å²) < 4.78 is 78.4. The number of hydrogen-bond donors (Lipinski definition) is 5. The summed E-state index contributed by atoms with van der Waals surface area (Å²) in [5.74, 6) is 7.39. The van der Waals surface area contributed by atoms with E-state index >= 15 is 0 Å². The number of aromatic nitrogens is 1. The number of nitro benzene ring substituents is 2. The average Bonchev–Trinajstić information content (AvgIpc) is 0.817. The number of carboxylic acid groups (broad SMARTS) is 1. The van der Waals surface area contributed by atoms with Crippen LogP contribution in [0.3, 0.4) is 0 Å². The first-order valence-electron chi connectivity index (χ1n) is 48.0. The summed E-state index contributed by atoms with van der Waals surface area (Å²) in [4.78, 5) is 74.7. The van der Waals surface area contributed by atoms with Crippen LogP contribution in [0.5, 0.6) is 92.0 Å². The summed E-state index contributed by atoms with van der Waals surface area (Å²) in [5.41, 5.74) is 13.1. The van der Waals surface area contributed by atoms with Gasteiger partial charge in [0, 0.05) is 81.9 Å². The summed E-state index contributed by atoms with van der Waals surface area (Å²) in [5, 5.41) is 54.2. The van der Waals surface area contributed by atoms with Crippen LogP contribution < -0.4 is 58.6 Å². The smallest absolute Gasteiger partial charge is 0.425 e. The van der Waals surface area contributed by atoms with Crippen LogP contribution in [0.2, 0.25) is 10.0 Å². The van der Waals surface area contributed by atoms with Gasteiger partial charge in [-0.3, -0.25) is 44.4 Å². The van der Waals surface area contributed by atoms with Gasteiger partial charge in [0.05, 0.1) is 51.8 Å². The van der Waals surface area contributed by atoms with E-state index in [2.05, 4.69) is 53.0 Å². The van der Waals surface area contributed by atoms with E-state index in [0.29, 0.717) is 128 Å². The number of phenolic OH excluding ortho intramolecular Hbond substituents is 1. The number of non-ortho nitro benzene ring substituents is 2. The molecular weight excluding hydrogens is 1930 g/mol. The lowest BCUT2D eigenvalue weighted by atomic mass is 9.83. The number of ether oxygens (including phenoxy) is 9. The van der Waals surface area contributed by atoms with E-state index in [1.807, 2.05) is 173 Å². The van der Waals surface area contributed by atoms with Crippen molar-refractivity contribution in [1.29, 1.82) is 0 Å². The third kappa shape index (κ3) is 33.1. The Morgan fingerprint density at radius 3 is 1.32 bits per heavy atom. The highest BCUT2D eigenvalue weighted by Gasteiger charge is 2.26. The SMILES string of the molecule is CCNC(=O)CCc1ccc(Oc2cc(Oc3ccc(C)cc3C3CCCCC3)cc([N+](=O)[O-])c2)cc1.COc1ccc2nc(C)cc(Cc3ccc(Oc4ccc(Cl)c5ccccc45)c(Cl)c3)c2c1.Cc1ccc(Oc2cc(Oc3ccc(CCC(=O)O)cc3)cc([N+](=O)[O-])c2)c(C2CCCCC2)c1.Cc1ccccc1OCC(=O)Nc1cc(NC(=O)COc2ccccc2C)cc(Oc2ccc(O)cc2)c1.O=S(=O)=O. The van der Waals surface area contributed by atoms with E-state index in [1.165, 1.54) is 86.1 Å². The maximum atomic E-state index is 12.6. The molecule has 0 bridgehead atoms. The number of fused-ring (bicyclic) bond motifs is 2. The van der Waals surface area contributed by atoms with Crippen molar-refractivity contribution in [3.8, 4) is 92.0 Å². The predicted molar refractivity (Wildman–Crippen MR) is 568 cm³/mol. The highest BCUT2D eigenvalue weighted by molar-refractivity contribution is 7.59. The lowest BCUT2D eigenvalue weighted by molar-refractivity contribution is -0.385. The largest absolute Gasteiger partial charge is 0.508 e. The Kier molecular flexibility index (Phi) is 39.1. The third-order valence-corrected chi connectivity index (χ3v) is 24.7. The van der Waals surface area contributed by atoms with E-state index < -0.39 is 26.4 Å². The summed E-state index contributed by atoms with van der Waals surface area (Å²) in [6.07, 6.45) is 14.0. The Balaban J connectivity index is 0.000000162. The number of anilines is 2. The molecule has 17 rings (SSSR count). The van der Waals surface area contributed by atoms with E-state index in [4.69, 9.17) is 83.6 Å². The second-order valence-corrected chi connectivity index (χ2v) is 36.5. The van der Waals surface area contributed by atoms with Crippen LogP contribution >= 0.6 is 23.2 Å². The number of aromatic hydroxyl groups is 1. The molecule has 14 aromatic carbocycles. The molecule has 3 amide bonds. The highest BCUT2D eigenvalue weighted by atomic mass is 35.5. The predicted octanol–water partition coefficient (Wildman–Crippen LogP) is 28.4. The van der Waals surface area contributed by atoms with E-state index in [1.54, 1.807) is 98.1 Å². The van der Waals surface area contributed by atoms with Gasteiger partial charge in [-0.05, 0) is 270 Å². The molecule has 1 heterocycles. The Labute approximate surface area is 863 Å². The first-order valence-corrected chi connectivity index (χ1v) is 49.8. The number of phenols is 1. The summed E-state index contributed by atoms with van der Waals surface area (Å²) >= 11 is 13.0. The van der Waals surface area contributed by atoms with Crippen LogP contribution in [0.1, 0.15) is 157 Å². The van der Waals surface area contributed by atoms with Gasteiger partial charge in [0.2, 0.25) is 5.91 Å². The molecule has 147 heavy (non-hydrogen) atoms.